The number of hydrogen-bond donors (Lipinski definition) is 3. The molecule has 1 saturated heterocycles. The van der Waals surface area contributed by atoms with Gasteiger partial charge in [-0.3, -0.25) is 0 Å². The average Bonchev–Trinajstić information content (AvgIpc) is 3.08. The number of ether oxygens (including phenoxy) is 2. The Hall–Kier alpha value is -0.200. The molecule has 1 rings (SSSR count). The van der Waals surface area contributed by atoms with Crippen LogP contribution in [-0.4, -0.2) is 59.6 Å². The van der Waals surface area contributed by atoms with Crippen molar-refractivity contribution < 1.29 is 24.8 Å². The zero-order valence-corrected chi connectivity index (χ0v) is 19.6. The van der Waals surface area contributed by atoms with Crippen LogP contribution in [0.5, 0.6) is 0 Å². The summed E-state index contributed by atoms with van der Waals surface area (Å²) in [6, 6.07) is 0. The van der Waals surface area contributed by atoms with Crippen LogP contribution < -0.4 is 0 Å². The van der Waals surface area contributed by atoms with E-state index in [-0.39, 0.29) is 13.2 Å². The molecular weight excluding hydrogens is 380 g/mol. The molecule has 0 aromatic heterocycles. The van der Waals surface area contributed by atoms with Crippen LogP contribution in [0.2, 0.25) is 0 Å². The Kier molecular flexibility index (Phi) is 18.1. The first-order valence-corrected chi connectivity index (χ1v) is 12.9. The van der Waals surface area contributed by atoms with E-state index in [0.29, 0.717) is 6.61 Å². The molecule has 1 aliphatic heterocycles. The summed E-state index contributed by atoms with van der Waals surface area (Å²) in [7, 11) is 0. The highest BCUT2D eigenvalue weighted by Gasteiger charge is 2.40. The first kappa shape index (κ1) is 27.8. The minimum atomic E-state index is -0.974. The lowest BCUT2D eigenvalue weighted by molar-refractivity contribution is -0.101. The Morgan fingerprint density at radius 3 is 1.53 bits per heavy atom. The summed E-state index contributed by atoms with van der Waals surface area (Å²) in [5.74, 6) is 0. The molecule has 0 spiro atoms. The maximum absolute atomic E-state index is 9.84. The Morgan fingerprint density at radius 1 is 0.733 bits per heavy atom. The smallest absolute Gasteiger partial charge is 0.114 e. The molecule has 4 atom stereocenters. The Morgan fingerprint density at radius 2 is 1.17 bits per heavy atom. The molecule has 0 saturated carbocycles. The molecule has 3 N–H and O–H groups in total. The predicted octanol–water partition coefficient (Wildman–Crippen LogP) is 5.14. The predicted molar refractivity (Wildman–Crippen MR) is 123 cm³/mol. The number of rotatable bonds is 21. The van der Waals surface area contributed by atoms with Crippen molar-refractivity contribution in [1.82, 2.24) is 0 Å². The maximum Gasteiger partial charge on any atom is 0.114 e. The first-order chi connectivity index (χ1) is 14.7. The van der Waals surface area contributed by atoms with Gasteiger partial charge >= 0.3 is 0 Å². The van der Waals surface area contributed by atoms with E-state index in [9.17, 15) is 15.3 Å². The Labute approximate surface area is 185 Å². The van der Waals surface area contributed by atoms with Crippen molar-refractivity contribution in [1.29, 1.82) is 0 Å². The molecule has 5 heteroatoms. The zero-order valence-electron chi connectivity index (χ0n) is 19.6. The van der Waals surface area contributed by atoms with Gasteiger partial charge in [0.25, 0.3) is 0 Å². The molecular formula is C25H50O5. The fourth-order valence-electron chi connectivity index (χ4n) is 4.27. The molecule has 0 amide bonds. The van der Waals surface area contributed by atoms with Gasteiger partial charge in [-0.15, -0.1) is 0 Å². The number of aliphatic hydroxyl groups excluding tert-OH is 3. The van der Waals surface area contributed by atoms with Gasteiger partial charge in [0.1, 0.15) is 24.4 Å². The standard InChI is InChI=1S/C25H50O5/c1-2-3-4-5-6-7-8-9-10-11-12-13-14-15-16-17-18-19-29-23(20-26)25-24(28)22(27)21-30-25/h22-28H,2-21H2,1H3/t22-,23+,24+,25+/m0/s1. The van der Waals surface area contributed by atoms with E-state index < -0.39 is 24.4 Å². The van der Waals surface area contributed by atoms with Crippen LogP contribution in [0.15, 0.2) is 0 Å². The normalized spacial score (nSPS) is 22.6. The summed E-state index contributed by atoms with van der Waals surface area (Å²) in [6.07, 6.45) is 19.8. The van der Waals surface area contributed by atoms with Crippen molar-refractivity contribution in [2.75, 3.05) is 19.8 Å². The molecule has 0 radical (unpaired) electrons. The van der Waals surface area contributed by atoms with E-state index in [4.69, 9.17) is 9.47 Å². The van der Waals surface area contributed by atoms with Crippen molar-refractivity contribution in [2.24, 2.45) is 0 Å². The van der Waals surface area contributed by atoms with Gasteiger partial charge in [0, 0.05) is 6.61 Å². The van der Waals surface area contributed by atoms with Gasteiger partial charge in [-0.1, -0.05) is 110 Å². The van der Waals surface area contributed by atoms with Gasteiger partial charge in [-0.05, 0) is 6.42 Å². The van der Waals surface area contributed by atoms with E-state index in [1.165, 1.54) is 96.3 Å². The molecule has 0 unspecified atom stereocenters. The monoisotopic (exact) mass is 430 g/mol. The van der Waals surface area contributed by atoms with Gasteiger partial charge in [0.2, 0.25) is 0 Å². The fraction of sp³-hybridized carbons (Fsp3) is 1.00. The quantitative estimate of drug-likeness (QED) is 0.220. The van der Waals surface area contributed by atoms with Crippen LogP contribution in [0.4, 0.5) is 0 Å². The third kappa shape index (κ3) is 13.3. The van der Waals surface area contributed by atoms with Crippen molar-refractivity contribution in [3.8, 4) is 0 Å². The lowest BCUT2D eigenvalue weighted by Gasteiger charge is -2.24. The molecule has 1 fully saturated rings. The molecule has 30 heavy (non-hydrogen) atoms. The van der Waals surface area contributed by atoms with Crippen molar-refractivity contribution >= 4 is 0 Å². The highest BCUT2D eigenvalue weighted by Crippen LogP contribution is 2.20. The lowest BCUT2D eigenvalue weighted by Crippen LogP contribution is -2.42. The molecule has 0 aromatic rings. The van der Waals surface area contributed by atoms with E-state index in [0.717, 1.165) is 12.8 Å². The Balaban J connectivity index is 1.79. The molecule has 1 heterocycles. The van der Waals surface area contributed by atoms with E-state index in [1.807, 2.05) is 0 Å². The minimum Gasteiger partial charge on any atom is -0.394 e. The summed E-state index contributed by atoms with van der Waals surface area (Å²) in [5, 5.41) is 28.8. The highest BCUT2D eigenvalue weighted by atomic mass is 16.6. The van der Waals surface area contributed by atoms with Gasteiger partial charge in [-0.2, -0.15) is 0 Å². The summed E-state index contributed by atoms with van der Waals surface area (Å²) < 4.78 is 11.0. The third-order valence-corrected chi connectivity index (χ3v) is 6.32. The minimum absolute atomic E-state index is 0.102. The van der Waals surface area contributed by atoms with Crippen molar-refractivity contribution in [3.63, 3.8) is 0 Å². The van der Waals surface area contributed by atoms with Gasteiger partial charge in [0.05, 0.1) is 13.2 Å². The van der Waals surface area contributed by atoms with Crippen LogP contribution in [0, 0.1) is 0 Å². The van der Waals surface area contributed by atoms with Crippen LogP contribution in [0.25, 0.3) is 0 Å². The van der Waals surface area contributed by atoms with E-state index in [1.54, 1.807) is 0 Å². The lowest BCUT2D eigenvalue weighted by atomic mass is 10.0. The average molecular weight is 431 g/mol. The highest BCUT2D eigenvalue weighted by molar-refractivity contribution is 4.88. The van der Waals surface area contributed by atoms with Gasteiger partial charge in [-0.25, -0.2) is 0 Å². The van der Waals surface area contributed by atoms with Crippen molar-refractivity contribution in [3.05, 3.63) is 0 Å². The zero-order chi connectivity index (χ0) is 21.9. The number of hydrogen-bond acceptors (Lipinski definition) is 5. The van der Waals surface area contributed by atoms with E-state index >= 15 is 0 Å². The molecule has 0 aliphatic carbocycles. The second kappa shape index (κ2) is 19.5. The van der Waals surface area contributed by atoms with Gasteiger partial charge < -0.3 is 24.8 Å². The van der Waals surface area contributed by atoms with Crippen molar-refractivity contribution in [2.45, 2.75) is 140 Å². The van der Waals surface area contributed by atoms with Crippen LogP contribution in [0.3, 0.4) is 0 Å². The second-order valence-electron chi connectivity index (χ2n) is 9.10. The number of aliphatic hydroxyl groups is 3. The molecule has 0 bridgehead atoms. The molecule has 0 aromatic carbocycles. The molecule has 180 valence electrons. The fourth-order valence-corrected chi connectivity index (χ4v) is 4.27. The summed E-state index contributed by atoms with van der Waals surface area (Å²) in [5.41, 5.74) is 0. The van der Waals surface area contributed by atoms with Crippen LogP contribution in [-0.2, 0) is 9.47 Å². The van der Waals surface area contributed by atoms with Gasteiger partial charge in [0.15, 0.2) is 0 Å². The third-order valence-electron chi connectivity index (χ3n) is 6.32. The van der Waals surface area contributed by atoms with E-state index in [2.05, 4.69) is 6.92 Å². The largest absolute Gasteiger partial charge is 0.394 e. The van der Waals surface area contributed by atoms with Crippen LogP contribution >= 0.6 is 0 Å². The SMILES string of the molecule is CCCCCCCCCCCCCCCCCCCO[C@H](CO)[C@H]1OC[C@H](O)[C@H]1O. The Bertz CT molecular complexity index is 365. The summed E-state index contributed by atoms with van der Waals surface area (Å²) in [6.45, 7) is 2.74. The summed E-state index contributed by atoms with van der Waals surface area (Å²) >= 11 is 0. The second-order valence-corrected chi connectivity index (χ2v) is 9.10. The first-order valence-electron chi connectivity index (χ1n) is 12.9. The summed E-state index contributed by atoms with van der Waals surface area (Å²) in [4.78, 5) is 0. The van der Waals surface area contributed by atoms with Crippen LogP contribution in [0.1, 0.15) is 116 Å². The number of unbranched alkanes of at least 4 members (excludes halogenated alkanes) is 16. The topological polar surface area (TPSA) is 79.2 Å². The molecule has 5 nitrogen and oxygen atoms in total. The maximum atomic E-state index is 9.84. The molecule has 1 aliphatic rings.